The van der Waals surface area contributed by atoms with Gasteiger partial charge in [0.05, 0.1) is 7.11 Å². The fourth-order valence-corrected chi connectivity index (χ4v) is 4.87. The third-order valence-corrected chi connectivity index (χ3v) is 6.66. The van der Waals surface area contributed by atoms with Gasteiger partial charge >= 0.3 is 0 Å². The summed E-state index contributed by atoms with van der Waals surface area (Å²) in [4.78, 5) is 13.6. The van der Waals surface area contributed by atoms with Gasteiger partial charge in [-0.2, -0.15) is 0 Å². The molecule has 1 aliphatic carbocycles. The van der Waals surface area contributed by atoms with Crippen molar-refractivity contribution in [3.05, 3.63) is 89.5 Å². The van der Waals surface area contributed by atoms with E-state index in [0.29, 0.717) is 18.3 Å². The van der Waals surface area contributed by atoms with E-state index in [-0.39, 0.29) is 12.5 Å². The number of aliphatic hydroxyl groups is 1. The molecule has 2 N–H and O–H groups in total. The van der Waals surface area contributed by atoms with Crippen molar-refractivity contribution in [2.75, 3.05) is 25.6 Å². The molecule has 190 valence electrons. The molecule has 36 heavy (non-hydrogen) atoms. The lowest BCUT2D eigenvalue weighted by molar-refractivity contribution is -0.114. The van der Waals surface area contributed by atoms with Gasteiger partial charge in [0.2, 0.25) is 5.91 Å². The molecule has 1 aliphatic rings. The fourth-order valence-electron chi connectivity index (χ4n) is 4.87. The highest BCUT2D eigenvalue weighted by atomic mass is 16.5. The Balaban J connectivity index is 1.44. The molecule has 4 rings (SSSR count). The van der Waals surface area contributed by atoms with Gasteiger partial charge in [-0.15, -0.1) is 0 Å². The summed E-state index contributed by atoms with van der Waals surface area (Å²) in [7, 11) is 1.71. The molecule has 3 aromatic rings. The Labute approximate surface area is 213 Å². The van der Waals surface area contributed by atoms with E-state index in [0.717, 1.165) is 43.7 Å². The number of carbonyl (C=O) groups excluding carboxylic acids is 1. The number of hydrogen-bond donors (Lipinski definition) is 2. The maximum Gasteiger partial charge on any atom is 0.221 e. The maximum atomic E-state index is 11.2. The van der Waals surface area contributed by atoms with Crippen LogP contribution < -0.4 is 14.8 Å². The number of fused-ring (bicyclic) bond motifs is 1. The van der Waals surface area contributed by atoms with Crippen LogP contribution >= 0.6 is 0 Å². The number of hydrogen-bond acceptors (Lipinski definition) is 5. The molecule has 1 unspecified atom stereocenters. The van der Waals surface area contributed by atoms with Crippen molar-refractivity contribution in [2.45, 2.75) is 51.3 Å². The summed E-state index contributed by atoms with van der Waals surface area (Å²) < 4.78 is 11.4. The van der Waals surface area contributed by atoms with Crippen LogP contribution in [0, 0.1) is 0 Å². The van der Waals surface area contributed by atoms with Crippen LogP contribution in [-0.2, 0) is 24.2 Å². The van der Waals surface area contributed by atoms with Crippen molar-refractivity contribution in [1.82, 2.24) is 4.90 Å². The zero-order chi connectivity index (χ0) is 25.3. The van der Waals surface area contributed by atoms with Crippen LogP contribution in [0.1, 0.15) is 36.5 Å². The molecule has 2 atom stereocenters. The minimum atomic E-state index is -0.642. The van der Waals surface area contributed by atoms with Crippen molar-refractivity contribution in [2.24, 2.45) is 0 Å². The second kappa shape index (κ2) is 12.6. The predicted octanol–water partition coefficient (Wildman–Crippen LogP) is 4.84. The van der Waals surface area contributed by atoms with E-state index in [4.69, 9.17) is 9.47 Å². The van der Waals surface area contributed by atoms with E-state index in [1.54, 1.807) is 31.4 Å². The van der Waals surface area contributed by atoms with Crippen molar-refractivity contribution in [3.8, 4) is 11.5 Å². The average Bonchev–Trinajstić information content (AvgIpc) is 3.10. The first-order chi connectivity index (χ1) is 17.5. The standard InChI is InChI=1S/C30H36N2O4/c1-22(33)31-26-12-15-29(16-13-26)36-21-28(34)20-32(19-23-7-4-3-5-8-23)27-10-6-9-24-11-14-30(35-2)18-25(24)17-27/h3-5,7-8,11-16,18,27-28,34H,6,9-10,17,19-21H2,1-2H3,(H,31,33)/t27?,28-/m0/s1. The summed E-state index contributed by atoms with van der Waals surface area (Å²) in [5, 5.41) is 13.7. The number of anilines is 1. The number of methoxy groups -OCH3 is 1. The number of carbonyl (C=O) groups is 1. The minimum absolute atomic E-state index is 0.114. The van der Waals surface area contributed by atoms with Crippen LogP contribution in [-0.4, -0.2) is 48.3 Å². The topological polar surface area (TPSA) is 71.0 Å². The lowest BCUT2D eigenvalue weighted by atomic mass is 10.00. The van der Waals surface area contributed by atoms with E-state index >= 15 is 0 Å². The van der Waals surface area contributed by atoms with Crippen LogP contribution in [0.15, 0.2) is 72.8 Å². The van der Waals surface area contributed by atoms with Gasteiger partial charge < -0.3 is 19.9 Å². The molecule has 1 amide bonds. The minimum Gasteiger partial charge on any atom is -0.497 e. The molecule has 0 saturated heterocycles. The number of aryl methyl sites for hydroxylation is 1. The van der Waals surface area contributed by atoms with Crippen LogP contribution in [0.4, 0.5) is 5.69 Å². The maximum absolute atomic E-state index is 11.2. The third kappa shape index (κ3) is 7.33. The molecule has 0 aliphatic heterocycles. The number of benzene rings is 3. The monoisotopic (exact) mass is 488 g/mol. The summed E-state index contributed by atoms with van der Waals surface area (Å²) in [6.45, 7) is 2.96. The molecule has 3 aromatic carbocycles. The Bertz CT molecular complexity index is 1120. The molecule has 0 saturated carbocycles. The molecule has 0 radical (unpaired) electrons. The Morgan fingerprint density at radius 2 is 1.81 bits per heavy atom. The second-order valence-electron chi connectivity index (χ2n) is 9.47. The smallest absolute Gasteiger partial charge is 0.221 e. The predicted molar refractivity (Wildman–Crippen MR) is 143 cm³/mol. The normalized spacial score (nSPS) is 16.1. The largest absolute Gasteiger partial charge is 0.497 e. The number of nitrogens with zero attached hydrogens (tertiary/aromatic N) is 1. The van der Waals surface area contributed by atoms with Crippen LogP contribution in [0.25, 0.3) is 0 Å². The molecule has 0 fully saturated rings. The fraction of sp³-hybridized carbons (Fsp3) is 0.367. The van der Waals surface area contributed by atoms with Gasteiger partial charge in [0.1, 0.15) is 24.2 Å². The summed E-state index contributed by atoms with van der Waals surface area (Å²) in [5.41, 5.74) is 4.67. The highest BCUT2D eigenvalue weighted by Gasteiger charge is 2.25. The van der Waals surface area contributed by atoms with E-state index < -0.39 is 6.10 Å². The Morgan fingerprint density at radius 1 is 1.06 bits per heavy atom. The molecule has 0 heterocycles. The molecule has 0 aromatic heterocycles. The lowest BCUT2D eigenvalue weighted by Crippen LogP contribution is -2.42. The number of aliphatic hydroxyl groups excluding tert-OH is 1. The van der Waals surface area contributed by atoms with E-state index in [2.05, 4.69) is 46.6 Å². The van der Waals surface area contributed by atoms with Gasteiger partial charge in [0, 0.05) is 31.7 Å². The van der Waals surface area contributed by atoms with Gasteiger partial charge in [0.25, 0.3) is 0 Å². The first-order valence-corrected chi connectivity index (χ1v) is 12.6. The Hall–Kier alpha value is -3.35. The van der Waals surface area contributed by atoms with Crippen molar-refractivity contribution >= 4 is 11.6 Å². The van der Waals surface area contributed by atoms with Gasteiger partial charge in [-0.3, -0.25) is 9.69 Å². The molecule has 6 heteroatoms. The van der Waals surface area contributed by atoms with Crippen molar-refractivity contribution < 1.29 is 19.4 Å². The first-order valence-electron chi connectivity index (χ1n) is 12.6. The summed E-state index contributed by atoms with van der Waals surface area (Å²) in [6, 6.07) is 24.3. The zero-order valence-corrected chi connectivity index (χ0v) is 21.2. The number of amides is 1. The SMILES string of the molecule is COc1ccc2c(c1)CC(N(Cc1ccccc1)C[C@H](O)COc1ccc(NC(C)=O)cc1)CCC2. The second-order valence-corrected chi connectivity index (χ2v) is 9.47. The zero-order valence-electron chi connectivity index (χ0n) is 21.2. The van der Waals surface area contributed by atoms with Crippen molar-refractivity contribution in [3.63, 3.8) is 0 Å². The molecule has 0 spiro atoms. The number of rotatable bonds is 10. The van der Waals surface area contributed by atoms with Gasteiger partial charge in [-0.1, -0.05) is 36.4 Å². The van der Waals surface area contributed by atoms with Crippen LogP contribution in [0.5, 0.6) is 11.5 Å². The summed E-state index contributed by atoms with van der Waals surface area (Å²) in [6.07, 6.45) is 3.54. The summed E-state index contributed by atoms with van der Waals surface area (Å²) in [5.74, 6) is 1.44. The Kier molecular flexibility index (Phi) is 8.98. The highest BCUT2D eigenvalue weighted by molar-refractivity contribution is 5.88. The van der Waals surface area contributed by atoms with Gasteiger partial charge in [-0.25, -0.2) is 0 Å². The highest BCUT2D eigenvalue weighted by Crippen LogP contribution is 2.28. The molecular formula is C30H36N2O4. The molecular weight excluding hydrogens is 452 g/mol. The molecule has 0 bridgehead atoms. The number of ether oxygens (including phenoxy) is 2. The lowest BCUT2D eigenvalue weighted by Gasteiger charge is -2.33. The Morgan fingerprint density at radius 3 is 2.53 bits per heavy atom. The van der Waals surface area contributed by atoms with Gasteiger partial charge in [-0.05, 0) is 78.8 Å². The van der Waals surface area contributed by atoms with E-state index in [1.807, 2.05) is 12.1 Å². The van der Waals surface area contributed by atoms with E-state index in [9.17, 15) is 9.90 Å². The van der Waals surface area contributed by atoms with Crippen LogP contribution in [0.3, 0.4) is 0 Å². The average molecular weight is 489 g/mol. The molecule has 6 nitrogen and oxygen atoms in total. The first kappa shape index (κ1) is 25.7. The van der Waals surface area contributed by atoms with Gasteiger partial charge in [0.15, 0.2) is 0 Å². The van der Waals surface area contributed by atoms with E-state index in [1.165, 1.54) is 23.6 Å². The summed E-state index contributed by atoms with van der Waals surface area (Å²) >= 11 is 0. The van der Waals surface area contributed by atoms with Crippen molar-refractivity contribution in [1.29, 1.82) is 0 Å². The quantitative estimate of drug-likeness (QED) is 0.400. The number of nitrogens with one attached hydrogen (secondary N) is 1. The van der Waals surface area contributed by atoms with Crippen LogP contribution in [0.2, 0.25) is 0 Å². The third-order valence-electron chi connectivity index (χ3n) is 6.66.